The molecule has 0 aliphatic carbocycles. The topological polar surface area (TPSA) is 89.2 Å². The maximum absolute atomic E-state index is 13.0. The second-order valence-corrected chi connectivity index (χ2v) is 8.13. The van der Waals surface area contributed by atoms with Crippen molar-refractivity contribution < 1.29 is 28.6 Å². The molecule has 1 amide bonds. The van der Waals surface area contributed by atoms with E-state index in [9.17, 15) is 14.7 Å². The molecule has 7 heteroatoms. The van der Waals surface area contributed by atoms with Gasteiger partial charge in [-0.3, -0.25) is 9.59 Å². The van der Waals surface area contributed by atoms with Crippen LogP contribution in [0.25, 0.3) is 5.76 Å². The molecule has 7 nitrogen and oxygen atoms in total. The number of amides is 1. The molecule has 0 bridgehead atoms. The van der Waals surface area contributed by atoms with Gasteiger partial charge in [0.15, 0.2) is 0 Å². The molecule has 1 saturated heterocycles. The Morgan fingerprint density at radius 2 is 2.06 bits per heavy atom. The molecule has 0 saturated carbocycles. The molecule has 2 aliphatic heterocycles. The Labute approximate surface area is 181 Å². The Morgan fingerprint density at radius 3 is 2.77 bits per heavy atom. The fourth-order valence-corrected chi connectivity index (χ4v) is 4.06. The van der Waals surface area contributed by atoms with Crippen LogP contribution >= 0.6 is 0 Å². The van der Waals surface area contributed by atoms with E-state index in [0.717, 1.165) is 24.2 Å². The molecular weight excluding hydrogens is 398 g/mol. The van der Waals surface area contributed by atoms with Gasteiger partial charge in [-0.2, -0.15) is 0 Å². The maximum atomic E-state index is 13.0. The van der Waals surface area contributed by atoms with Crippen LogP contribution in [0.3, 0.4) is 0 Å². The summed E-state index contributed by atoms with van der Waals surface area (Å²) < 4.78 is 17.0. The molecule has 31 heavy (non-hydrogen) atoms. The van der Waals surface area contributed by atoms with Crippen molar-refractivity contribution in [1.82, 2.24) is 4.90 Å². The lowest BCUT2D eigenvalue weighted by Crippen LogP contribution is -2.33. The van der Waals surface area contributed by atoms with Gasteiger partial charge in [-0.05, 0) is 69.5 Å². The normalized spacial score (nSPS) is 20.3. The molecule has 164 valence electrons. The quantitative estimate of drug-likeness (QED) is 0.431. The van der Waals surface area contributed by atoms with E-state index >= 15 is 0 Å². The molecule has 3 heterocycles. The Bertz CT molecular complexity index is 1030. The molecule has 1 atom stereocenters. The minimum Gasteiger partial charge on any atom is -0.507 e. The average molecular weight is 425 g/mol. The highest BCUT2D eigenvalue weighted by Crippen LogP contribution is 2.40. The largest absolute Gasteiger partial charge is 0.507 e. The van der Waals surface area contributed by atoms with Gasteiger partial charge < -0.3 is 23.9 Å². The standard InChI is InChI=1S/C24H27NO6/c1-14(2)29-12-10-25-21(19-8-6-15(3)31-19)20(23(27)24(25)28)22(26)17-7-9-18-16(13-17)5-4-11-30-18/h6-9,13-14,21,26H,4-5,10-12H2,1-3H3/b22-20-. The molecule has 1 aromatic heterocycles. The lowest BCUT2D eigenvalue weighted by atomic mass is 9.96. The van der Waals surface area contributed by atoms with Gasteiger partial charge in [-0.25, -0.2) is 0 Å². The van der Waals surface area contributed by atoms with Crippen molar-refractivity contribution in [3.63, 3.8) is 0 Å². The van der Waals surface area contributed by atoms with Gasteiger partial charge in [0.2, 0.25) is 0 Å². The Hall–Kier alpha value is -3.06. The molecular formula is C24H27NO6. The number of Topliss-reactive ketones (excluding diaryl/α,β-unsaturated/α-hetero) is 1. The third-order valence-electron chi connectivity index (χ3n) is 5.54. The first-order valence-corrected chi connectivity index (χ1v) is 10.6. The van der Waals surface area contributed by atoms with Crippen LogP contribution in [0.15, 0.2) is 40.3 Å². The molecule has 1 N–H and O–H groups in total. The molecule has 0 spiro atoms. The highest BCUT2D eigenvalue weighted by Gasteiger charge is 2.47. The maximum Gasteiger partial charge on any atom is 0.295 e. The predicted molar refractivity (Wildman–Crippen MR) is 114 cm³/mol. The van der Waals surface area contributed by atoms with Gasteiger partial charge in [-0.15, -0.1) is 0 Å². The molecule has 1 aromatic carbocycles. The number of aryl methyl sites for hydroxylation is 2. The van der Waals surface area contributed by atoms with E-state index in [-0.39, 0.29) is 30.6 Å². The summed E-state index contributed by atoms with van der Waals surface area (Å²) in [7, 11) is 0. The minimum atomic E-state index is -0.809. The lowest BCUT2D eigenvalue weighted by molar-refractivity contribution is -0.140. The summed E-state index contributed by atoms with van der Waals surface area (Å²) in [6, 6.07) is 8.02. The number of carbonyl (C=O) groups excluding carboxylic acids is 2. The predicted octanol–water partition coefficient (Wildman–Crippen LogP) is 3.76. The first-order chi connectivity index (χ1) is 14.9. The third-order valence-corrected chi connectivity index (χ3v) is 5.54. The fraction of sp³-hybridized carbons (Fsp3) is 0.417. The zero-order chi connectivity index (χ0) is 22.1. The van der Waals surface area contributed by atoms with Gasteiger partial charge in [0.25, 0.3) is 11.7 Å². The second-order valence-electron chi connectivity index (χ2n) is 8.13. The van der Waals surface area contributed by atoms with Crippen LogP contribution in [-0.2, 0) is 20.7 Å². The summed E-state index contributed by atoms with van der Waals surface area (Å²) in [6.45, 7) is 6.75. The van der Waals surface area contributed by atoms with Crippen LogP contribution in [0, 0.1) is 6.92 Å². The highest BCUT2D eigenvalue weighted by atomic mass is 16.5. The first kappa shape index (κ1) is 21.2. The van der Waals surface area contributed by atoms with Crippen LogP contribution < -0.4 is 4.74 Å². The van der Waals surface area contributed by atoms with E-state index < -0.39 is 17.7 Å². The highest BCUT2D eigenvalue weighted by molar-refractivity contribution is 6.46. The number of benzene rings is 1. The van der Waals surface area contributed by atoms with Crippen LogP contribution in [0.4, 0.5) is 0 Å². The fourth-order valence-electron chi connectivity index (χ4n) is 4.06. The Balaban J connectivity index is 1.76. The van der Waals surface area contributed by atoms with Crippen LogP contribution in [0.5, 0.6) is 5.75 Å². The van der Waals surface area contributed by atoms with Crippen molar-refractivity contribution in [2.75, 3.05) is 19.8 Å². The van der Waals surface area contributed by atoms with E-state index in [0.29, 0.717) is 23.7 Å². The van der Waals surface area contributed by atoms with E-state index in [1.165, 1.54) is 4.90 Å². The molecule has 1 unspecified atom stereocenters. The zero-order valence-electron chi connectivity index (χ0n) is 18.0. The third kappa shape index (κ3) is 4.10. The van der Waals surface area contributed by atoms with Gasteiger partial charge >= 0.3 is 0 Å². The van der Waals surface area contributed by atoms with Crippen molar-refractivity contribution in [3.05, 3.63) is 58.6 Å². The molecule has 4 rings (SSSR count). The molecule has 1 fully saturated rings. The molecule has 2 aliphatic rings. The van der Waals surface area contributed by atoms with Crippen molar-refractivity contribution in [3.8, 4) is 5.75 Å². The SMILES string of the molecule is Cc1ccc(C2/C(=C(/O)c3ccc4c(c3)CCCO4)C(=O)C(=O)N2CCOC(C)C)o1. The number of furan rings is 1. The number of nitrogens with zero attached hydrogens (tertiary/aromatic N) is 1. The number of carbonyl (C=O) groups is 2. The number of ether oxygens (including phenoxy) is 2. The van der Waals surface area contributed by atoms with Gasteiger partial charge in [0.1, 0.15) is 29.1 Å². The molecule has 0 radical (unpaired) electrons. The van der Waals surface area contributed by atoms with Crippen LogP contribution in [0.2, 0.25) is 0 Å². The molecule has 2 aromatic rings. The minimum absolute atomic E-state index is 0.00107. The monoisotopic (exact) mass is 425 g/mol. The van der Waals surface area contributed by atoms with Gasteiger partial charge in [0, 0.05) is 12.1 Å². The van der Waals surface area contributed by atoms with Crippen LogP contribution in [0.1, 0.15) is 49.0 Å². The van der Waals surface area contributed by atoms with E-state index in [2.05, 4.69) is 0 Å². The van der Waals surface area contributed by atoms with Crippen molar-refractivity contribution in [2.24, 2.45) is 0 Å². The number of fused-ring (bicyclic) bond motifs is 1. The Kier molecular flexibility index (Phi) is 5.87. The summed E-state index contributed by atoms with van der Waals surface area (Å²) in [4.78, 5) is 27.3. The number of aliphatic hydroxyl groups excluding tert-OH is 1. The number of likely N-dealkylation sites (tertiary alicyclic amines) is 1. The summed E-state index contributed by atoms with van der Waals surface area (Å²) in [5.41, 5.74) is 1.48. The first-order valence-electron chi connectivity index (χ1n) is 10.6. The van der Waals surface area contributed by atoms with Crippen LogP contribution in [-0.4, -0.2) is 47.6 Å². The number of hydrogen-bond acceptors (Lipinski definition) is 6. The van der Waals surface area contributed by atoms with E-state index in [1.807, 2.05) is 19.9 Å². The average Bonchev–Trinajstić information content (AvgIpc) is 3.28. The summed E-state index contributed by atoms with van der Waals surface area (Å²) in [5.74, 6) is 0.267. The smallest absolute Gasteiger partial charge is 0.295 e. The summed E-state index contributed by atoms with van der Waals surface area (Å²) in [6.07, 6.45) is 1.72. The number of ketones is 1. The second kappa shape index (κ2) is 8.59. The summed E-state index contributed by atoms with van der Waals surface area (Å²) >= 11 is 0. The van der Waals surface area contributed by atoms with Crippen molar-refractivity contribution >= 4 is 17.4 Å². The number of hydrogen-bond donors (Lipinski definition) is 1. The Morgan fingerprint density at radius 1 is 1.26 bits per heavy atom. The summed E-state index contributed by atoms with van der Waals surface area (Å²) in [5, 5.41) is 11.1. The lowest BCUT2D eigenvalue weighted by Gasteiger charge is -2.24. The van der Waals surface area contributed by atoms with E-state index in [4.69, 9.17) is 13.9 Å². The van der Waals surface area contributed by atoms with Gasteiger partial charge in [0.05, 0.1) is 24.9 Å². The van der Waals surface area contributed by atoms with Crippen molar-refractivity contribution in [2.45, 2.75) is 45.8 Å². The number of rotatable bonds is 6. The van der Waals surface area contributed by atoms with Crippen molar-refractivity contribution in [1.29, 1.82) is 0 Å². The number of aliphatic hydroxyl groups is 1. The van der Waals surface area contributed by atoms with Gasteiger partial charge in [-0.1, -0.05) is 0 Å². The zero-order valence-corrected chi connectivity index (χ0v) is 18.0. The van der Waals surface area contributed by atoms with E-state index in [1.54, 1.807) is 31.2 Å².